The van der Waals surface area contributed by atoms with Crippen molar-refractivity contribution in [3.05, 3.63) is 0 Å². The van der Waals surface area contributed by atoms with Crippen LogP contribution >= 0.6 is 0 Å². The molecular formula is C10H18O3. The third-order valence-electron chi connectivity index (χ3n) is 2.38. The van der Waals surface area contributed by atoms with E-state index in [9.17, 15) is 9.90 Å². The number of carbonyl (C=O) groups is 1. The van der Waals surface area contributed by atoms with Crippen LogP contribution in [0.1, 0.15) is 45.4 Å². The molecule has 0 radical (unpaired) electrons. The van der Waals surface area contributed by atoms with Crippen molar-refractivity contribution in [1.29, 1.82) is 0 Å². The van der Waals surface area contributed by atoms with Gasteiger partial charge < -0.3 is 9.84 Å². The van der Waals surface area contributed by atoms with Gasteiger partial charge in [0.25, 0.3) is 0 Å². The highest BCUT2D eigenvalue weighted by Gasteiger charge is 2.16. The predicted molar refractivity (Wildman–Crippen MR) is 49.3 cm³/mol. The zero-order chi connectivity index (χ0) is 9.68. The van der Waals surface area contributed by atoms with E-state index in [1.807, 2.05) is 6.92 Å². The molecule has 3 nitrogen and oxygen atoms in total. The molecule has 0 spiro atoms. The molecule has 1 unspecified atom stereocenters. The lowest BCUT2D eigenvalue weighted by Crippen LogP contribution is -2.21. The molecular weight excluding hydrogens is 168 g/mol. The van der Waals surface area contributed by atoms with E-state index in [-0.39, 0.29) is 18.5 Å². The van der Waals surface area contributed by atoms with Crippen molar-refractivity contribution in [2.24, 2.45) is 0 Å². The topological polar surface area (TPSA) is 46.5 Å². The van der Waals surface area contributed by atoms with E-state index in [1.54, 1.807) is 0 Å². The number of ether oxygens (including phenoxy) is 1. The molecule has 1 saturated heterocycles. The lowest BCUT2D eigenvalue weighted by Gasteiger charge is -2.17. The fraction of sp³-hybridized carbons (Fsp3) is 0.900. The fourth-order valence-corrected chi connectivity index (χ4v) is 1.61. The van der Waals surface area contributed by atoms with Gasteiger partial charge in [0.1, 0.15) is 0 Å². The van der Waals surface area contributed by atoms with Crippen molar-refractivity contribution in [2.45, 2.75) is 57.7 Å². The van der Waals surface area contributed by atoms with E-state index < -0.39 is 6.10 Å². The third-order valence-corrected chi connectivity index (χ3v) is 2.38. The molecule has 1 aliphatic heterocycles. The Balaban J connectivity index is 2.39. The summed E-state index contributed by atoms with van der Waals surface area (Å²) in [6.07, 6.45) is 4.56. The molecule has 3 heteroatoms. The molecule has 13 heavy (non-hydrogen) atoms. The van der Waals surface area contributed by atoms with Crippen LogP contribution < -0.4 is 0 Å². The zero-order valence-electron chi connectivity index (χ0n) is 8.16. The maximum atomic E-state index is 11.1. The van der Waals surface area contributed by atoms with Crippen LogP contribution in [0.25, 0.3) is 0 Å². The quantitative estimate of drug-likeness (QED) is 0.585. The molecule has 1 N–H and O–H groups in total. The Labute approximate surface area is 79.1 Å². The zero-order valence-corrected chi connectivity index (χ0v) is 8.16. The third kappa shape index (κ3) is 4.27. The minimum absolute atomic E-state index is 0.0119. The van der Waals surface area contributed by atoms with Crippen molar-refractivity contribution >= 4 is 5.97 Å². The summed E-state index contributed by atoms with van der Waals surface area (Å²) in [5.41, 5.74) is 0. The Morgan fingerprint density at radius 1 is 1.31 bits per heavy atom. The van der Waals surface area contributed by atoms with Gasteiger partial charge in [0.15, 0.2) is 0 Å². The maximum absolute atomic E-state index is 11.1. The first kappa shape index (κ1) is 10.5. The van der Waals surface area contributed by atoms with Crippen molar-refractivity contribution in [3.8, 4) is 0 Å². The van der Waals surface area contributed by atoms with Gasteiger partial charge in [0.2, 0.25) is 0 Å². The van der Waals surface area contributed by atoms with Crippen molar-refractivity contribution in [1.82, 2.24) is 0 Å². The van der Waals surface area contributed by atoms with Gasteiger partial charge in [-0.15, -0.1) is 0 Å². The molecule has 0 amide bonds. The summed E-state index contributed by atoms with van der Waals surface area (Å²) in [5.74, 6) is -0.262. The summed E-state index contributed by atoms with van der Waals surface area (Å²) in [5, 5.41) is 9.39. The van der Waals surface area contributed by atoms with Crippen LogP contribution in [-0.2, 0) is 9.53 Å². The largest absolute Gasteiger partial charge is 0.463 e. The highest BCUT2D eigenvalue weighted by atomic mass is 16.5. The van der Waals surface area contributed by atoms with Crippen LogP contribution in [0, 0.1) is 0 Å². The van der Waals surface area contributed by atoms with Crippen LogP contribution in [0.4, 0.5) is 0 Å². The lowest BCUT2D eigenvalue weighted by molar-refractivity contribution is -0.151. The van der Waals surface area contributed by atoms with E-state index in [0.717, 1.165) is 32.1 Å². The van der Waals surface area contributed by atoms with Crippen LogP contribution in [0.2, 0.25) is 0 Å². The Morgan fingerprint density at radius 2 is 2.00 bits per heavy atom. The summed E-state index contributed by atoms with van der Waals surface area (Å²) in [7, 11) is 0. The molecule has 1 rings (SSSR count). The number of hydrogen-bond acceptors (Lipinski definition) is 3. The van der Waals surface area contributed by atoms with Gasteiger partial charge in [-0.1, -0.05) is 12.8 Å². The molecule has 0 bridgehead atoms. The Hall–Kier alpha value is -0.570. The van der Waals surface area contributed by atoms with E-state index >= 15 is 0 Å². The molecule has 0 aromatic heterocycles. The molecule has 76 valence electrons. The van der Waals surface area contributed by atoms with Crippen LogP contribution in [-0.4, -0.2) is 23.3 Å². The second kappa shape index (κ2) is 5.22. The summed E-state index contributed by atoms with van der Waals surface area (Å²) in [6.45, 7) is 1.91. The van der Waals surface area contributed by atoms with Crippen molar-refractivity contribution in [3.63, 3.8) is 0 Å². The van der Waals surface area contributed by atoms with E-state index in [2.05, 4.69) is 0 Å². The fourth-order valence-electron chi connectivity index (χ4n) is 1.61. The number of carbonyl (C=O) groups excluding carboxylic acids is 1. The average Bonchev–Trinajstić information content (AvgIpc) is 2.02. The minimum atomic E-state index is -0.502. The Bertz CT molecular complexity index is 152. The van der Waals surface area contributed by atoms with E-state index in [1.165, 1.54) is 0 Å². The van der Waals surface area contributed by atoms with Gasteiger partial charge in [-0.05, 0) is 26.2 Å². The highest BCUT2D eigenvalue weighted by Crippen LogP contribution is 2.14. The smallest absolute Gasteiger partial charge is 0.308 e. The molecule has 1 aliphatic rings. The SMILES string of the molecule is C[C@H]1CCCCCC(O)CC(=O)O1. The van der Waals surface area contributed by atoms with Crippen LogP contribution in [0.3, 0.4) is 0 Å². The van der Waals surface area contributed by atoms with Gasteiger partial charge in [0, 0.05) is 0 Å². The van der Waals surface area contributed by atoms with Gasteiger partial charge in [-0.2, -0.15) is 0 Å². The molecule has 0 saturated carbocycles. The van der Waals surface area contributed by atoms with Crippen LogP contribution in [0.15, 0.2) is 0 Å². The van der Waals surface area contributed by atoms with Gasteiger partial charge >= 0.3 is 5.97 Å². The Morgan fingerprint density at radius 3 is 2.77 bits per heavy atom. The van der Waals surface area contributed by atoms with Gasteiger partial charge in [-0.25, -0.2) is 0 Å². The molecule has 2 atom stereocenters. The minimum Gasteiger partial charge on any atom is -0.463 e. The first-order valence-electron chi connectivity index (χ1n) is 5.06. The summed E-state index contributed by atoms with van der Waals surface area (Å²) < 4.78 is 5.10. The normalized spacial score (nSPS) is 32.3. The monoisotopic (exact) mass is 186 g/mol. The predicted octanol–water partition coefficient (Wildman–Crippen LogP) is 1.63. The first-order chi connectivity index (χ1) is 6.18. The lowest BCUT2D eigenvalue weighted by atomic mass is 10.0. The number of hydrogen-bond donors (Lipinski definition) is 1. The van der Waals surface area contributed by atoms with E-state index in [0.29, 0.717) is 0 Å². The second-order valence-corrected chi connectivity index (χ2v) is 3.80. The number of cyclic esters (lactones) is 1. The number of aliphatic hydroxyl groups excluding tert-OH is 1. The van der Waals surface area contributed by atoms with E-state index in [4.69, 9.17) is 4.74 Å². The number of aliphatic hydroxyl groups is 1. The molecule has 0 aromatic rings. The number of esters is 1. The average molecular weight is 186 g/mol. The Kier molecular flexibility index (Phi) is 4.22. The molecule has 1 heterocycles. The van der Waals surface area contributed by atoms with Crippen molar-refractivity contribution < 1.29 is 14.6 Å². The van der Waals surface area contributed by atoms with Gasteiger partial charge in [-0.3, -0.25) is 4.79 Å². The second-order valence-electron chi connectivity index (χ2n) is 3.80. The summed E-state index contributed by atoms with van der Waals surface area (Å²) >= 11 is 0. The molecule has 0 aromatic carbocycles. The van der Waals surface area contributed by atoms with Gasteiger partial charge in [0.05, 0.1) is 18.6 Å². The van der Waals surface area contributed by atoms with Crippen LogP contribution in [0.5, 0.6) is 0 Å². The molecule has 1 fully saturated rings. The molecule has 0 aliphatic carbocycles. The highest BCUT2D eigenvalue weighted by molar-refractivity contribution is 5.70. The maximum Gasteiger partial charge on any atom is 0.308 e. The summed E-state index contributed by atoms with van der Waals surface area (Å²) in [6, 6.07) is 0. The number of rotatable bonds is 0. The standard InChI is InChI=1S/C10H18O3/c1-8-5-3-2-4-6-9(11)7-10(12)13-8/h8-9,11H,2-7H2,1H3/t8-,9?/m0/s1. The summed E-state index contributed by atoms with van der Waals surface area (Å²) in [4.78, 5) is 11.1. The van der Waals surface area contributed by atoms with Crippen molar-refractivity contribution in [2.75, 3.05) is 0 Å². The first-order valence-corrected chi connectivity index (χ1v) is 5.06.